The number of carbonyl (C=O) groups is 1. The van der Waals surface area contributed by atoms with Crippen LogP contribution in [-0.2, 0) is 4.79 Å². The molecule has 0 spiro atoms. The average molecular weight is 142 g/mol. The first-order valence-electron chi connectivity index (χ1n) is 3.64. The van der Waals surface area contributed by atoms with Crippen molar-refractivity contribution in [2.24, 2.45) is 5.92 Å². The van der Waals surface area contributed by atoms with Gasteiger partial charge >= 0.3 is 5.97 Å². The average Bonchev–Trinajstić information content (AvgIpc) is 1.88. The second-order valence-corrected chi connectivity index (χ2v) is 2.71. The van der Waals surface area contributed by atoms with Crippen LogP contribution in [0.4, 0.5) is 0 Å². The first kappa shape index (κ1) is 7.54. The molecule has 10 heavy (non-hydrogen) atoms. The molecule has 0 saturated carbocycles. The molecule has 1 rings (SSSR count). The number of carboxylic acids is 1. The van der Waals surface area contributed by atoms with Gasteiger partial charge in [-0.05, 0) is 18.8 Å². The standard InChI is InChI=1S/C7H12NO2/c9-7(10)5-6-1-3-8-4-2-6/h6H,1-5H2,(H,9,10). The fourth-order valence-corrected chi connectivity index (χ4v) is 1.25. The quantitative estimate of drug-likeness (QED) is 0.609. The van der Waals surface area contributed by atoms with E-state index in [0.29, 0.717) is 12.3 Å². The van der Waals surface area contributed by atoms with E-state index in [1.54, 1.807) is 0 Å². The van der Waals surface area contributed by atoms with Crippen LogP contribution in [0.1, 0.15) is 19.3 Å². The Bertz CT molecular complexity index is 119. The number of carboxylic acid groups (broad SMARTS) is 1. The highest BCUT2D eigenvalue weighted by molar-refractivity contribution is 5.67. The monoisotopic (exact) mass is 142 g/mol. The number of hydrogen-bond donors (Lipinski definition) is 1. The molecule has 3 nitrogen and oxygen atoms in total. The van der Waals surface area contributed by atoms with E-state index < -0.39 is 5.97 Å². The summed E-state index contributed by atoms with van der Waals surface area (Å²) in [6.07, 6.45) is 2.26. The molecule has 1 aliphatic heterocycles. The van der Waals surface area contributed by atoms with Crippen LogP contribution in [0.3, 0.4) is 0 Å². The highest BCUT2D eigenvalue weighted by Gasteiger charge is 2.16. The maximum atomic E-state index is 10.2. The number of piperidine rings is 1. The molecule has 0 bridgehead atoms. The van der Waals surface area contributed by atoms with Gasteiger partial charge in [-0.1, -0.05) is 0 Å². The highest BCUT2D eigenvalue weighted by Crippen LogP contribution is 2.15. The van der Waals surface area contributed by atoms with E-state index >= 15 is 0 Å². The summed E-state index contributed by atoms with van der Waals surface area (Å²) < 4.78 is 0. The summed E-state index contributed by atoms with van der Waals surface area (Å²) in [7, 11) is 0. The third-order valence-corrected chi connectivity index (χ3v) is 1.85. The molecule has 1 radical (unpaired) electrons. The van der Waals surface area contributed by atoms with Crippen LogP contribution in [0.25, 0.3) is 0 Å². The predicted molar refractivity (Wildman–Crippen MR) is 36.8 cm³/mol. The van der Waals surface area contributed by atoms with Crippen molar-refractivity contribution < 1.29 is 9.90 Å². The molecule has 1 N–H and O–H groups in total. The topological polar surface area (TPSA) is 51.4 Å². The van der Waals surface area contributed by atoms with Gasteiger partial charge in [0.2, 0.25) is 0 Å². The van der Waals surface area contributed by atoms with Crippen LogP contribution in [0.2, 0.25) is 0 Å². The predicted octanol–water partition coefficient (Wildman–Crippen LogP) is 0.476. The first-order chi connectivity index (χ1) is 4.79. The lowest BCUT2D eigenvalue weighted by Crippen LogP contribution is -2.23. The molecule has 1 heterocycles. The lowest BCUT2D eigenvalue weighted by molar-refractivity contribution is -0.138. The SMILES string of the molecule is O=C(O)CC1CC[N]CC1. The van der Waals surface area contributed by atoms with E-state index in [1.165, 1.54) is 0 Å². The molecule has 0 aromatic rings. The zero-order chi connectivity index (χ0) is 7.40. The van der Waals surface area contributed by atoms with Gasteiger partial charge in [-0.15, -0.1) is 0 Å². The zero-order valence-electron chi connectivity index (χ0n) is 5.92. The van der Waals surface area contributed by atoms with Crippen LogP contribution < -0.4 is 5.32 Å². The molecule has 0 amide bonds. The van der Waals surface area contributed by atoms with Gasteiger partial charge in [0.05, 0.1) is 0 Å². The third kappa shape index (κ3) is 2.35. The summed E-state index contributed by atoms with van der Waals surface area (Å²) in [5.74, 6) is -0.290. The first-order valence-corrected chi connectivity index (χ1v) is 3.64. The smallest absolute Gasteiger partial charge is 0.303 e. The minimum absolute atomic E-state index is 0.329. The van der Waals surface area contributed by atoms with Crippen molar-refractivity contribution in [2.75, 3.05) is 13.1 Å². The molecular formula is C7H12NO2. The molecule has 0 aromatic heterocycles. The van der Waals surface area contributed by atoms with Crippen molar-refractivity contribution in [3.63, 3.8) is 0 Å². The van der Waals surface area contributed by atoms with Crippen LogP contribution in [0.5, 0.6) is 0 Å². The lowest BCUT2D eigenvalue weighted by atomic mass is 9.95. The Morgan fingerprint density at radius 2 is 2.10 bits per heavy atom. The molecule has 1 aliphatic rings. The van der Waals surface area contributed by atoms with Gasteiger partial charge in [0.25, 0.3) is 0 Å². The van der Waals surface area contributed by atoms with Gasteiger partial charge < -0.3 is 5.11 Å². The highest BCUT2D eigenvalue weighted by atomic mass is 16.4. The summed E-state index contributed by atoms with van der Waals surface area (Å²) in [6.45, 7) is 1.72. The summed E-state index contributed by atoms with van der Waals surface area (Å²) in [5, 5.41) is 12.6. The van der Waals surface area contributed by atoms with Crippen LogP contribution in [0.15, 0.2) is 0 Å². The van der Waals surface area contributed by atoms with Crippen molar-refractivity contribution in [3.05, 3.63) is 0 Å². The summed E-state index contributed by atoms with van der Waals surface area (Å²) in [4.78, 5) is 10.2. The lowest BCUT2D eigenvalue weighted by Gasteiger charge is -2.18. The van der Waals surface area contributed by atoms with Gasteiger partial charge in [0.15, 0.2) is 0 Å². The van der Waals surface area contributed by atoms with Crippen molar-refractivity contribution >= 4 is 5.97 Å². The molecule has 57 valence electrons. The summed E-state index contributed by atoms with van der Waals surface area (Å²) in [6, 6.07) is 0. The van der Waals surface area contributed by atoms with Crippen LogP contribution in [0, 0.1) is 5.92 Å². The van der Waals surface area contributed by atoms with E-state index in [1.807, 2.05) is 0 Å². The fraction of sp³-hybridized carbons (Fsp3) is 0.857. The van der Waals surface area contributed by atoms with Crippen molar-refractivity contribution in [3.8, 4) is 0 Å². The van der Waals surface area contributed by atoms with Gasteiger partial charge in [-0.25, -0.2) is 5.32 Å². The molecule has 3 heteroatoms. The number of nitrogens with zero attached hydrogens (tertiary/aromatic N) is 1. The maximum absolute atomic E-state index is 10.2. The number of aliphatic carboxylic acids is 1. The minimum atomic E-state index is -0.674. The van der Waals surface area contributed by atoms with Gasteiger partial charge in [0.1, 0.15) is 0 Å². The fourth-order valence-electron chi connectivity index (χ4n) is 1.25. The summed E-state index contributed by atoms with van der Waals surface area (Å²) in [5.41, 5.74) is 0. The number of hydrogen-bond acceptors (Lipinski definition) is 1. The van der Waals surface area contributed by atoms with Gasteiger partial charge in [-0.2, -0.15) is 0 Å². The largest absolute Gasteiger partial charge is 0.481 e. The van der Waals surface area contributed by atoms with Gasteiger partial charge in [0, 0.05) is 19.5 Å². The maximum Gasteiger partial charge on any atom is 0.303 e. The Morgan fingerprint density at radius 3 is 2.60 bits per heavy atom. The zero-order valence-corrected chi connectivity index (χ0v) is 5.92. The Kier molecular flexibility index (Phi) is 2.68. The van der Waals surface area contributed by atoms with Gasteiger partial charge in [-0.3, -0.25) is 4.79 Å². The van der Waals surface area contributed by atoms with Crippen LogP contribution >= 0.6 is 0 Å². The van der Waals surface area contributed by atoms with Crippen molar-refractivity contribution in [1.29, 1.82) is 0 Å². The second-order valence-electron chi connectivity index (χ2n) is 2.71. The molecule has 0 unspecified atom stereocenters. The Hall–Kier alpha value is -0.570. The van der Waals surface area contributed by atoms with Crippen molar-refractivity contribution in [1.82, 2.24) is 5.32 Å². The molecule has 1 saturated heterocycles. The molecule has 0 atom stereocenters. The van der Waals surface area contributed by atoms with E-state index in [-0.39, 0.29) is 0 Å². The number of rotatable bonds is 2. The minimum Gasteiger partial charge on any atom is -0.481 e. The molecular weight excluding hydrogens is 130 g/mol. The Balaban J connectivity index is 2.19. The van der Waals surface area contributed by atoms with Crippen molar-refractivity contribution in [2.45, 2.75) is 19.3 Å². The van der Waals surface area contributed by atoms with E-state index in [2.05, 4.69) is 5.32 Å². The normalized spacial score (nSPS) is 20.8. The van der Waals surface area contributed by atoms with E-state index in [0.717, 1.165) is 25.9 Å². The summed E-state index contributed by atoms with van der Waals surface area (Å²) >= 11 is 0. The van der Waals surface area contributed by atoms with E-state index in [9.17, 15) is 4.79 Å². The Morgan fingerprint density at radius 1 is 1.50 bits per heavy atom. The van der Waals surface area contributed by atoms with E-state index in [4.69, 9.17) is 5.11 Å². The second kappa shape index (κ2) is 3.56. The Labute approximate surface area is 60.4 Å². The molecule has 0 aliphatic carbocycles. The third-order valence-electron chi connectivity index (χ3n) is 1.85. The molecule has 0 aromatic carbocycles. The van der Waals surface area contributed by atoms with Crippen LogP contribution in [-0.4, -0.2) is 24.2 Å². The molecule has 1 fully saturated rings.